The predicted molar refractivity (Wildman–Crippen MR) is 106 cm³/mol. The van der Waals surface area contributed by atoms with E-state index in [1.807, 2.05) is 49.4 Å². The molecule has 146 valence electrons. The minimum Gasteiger partial charge on any atom is -0.490 e. The Labute approximate surface area is 162 Å². The Balaban J connectivity index is 1.51. The van der Waals surface area contributed by atoms with Gasteiger partial charge >= 0.3 is 5.69 Å². The summed E-state index contributed by atoms with van der Waals surface area (Å²) >= 11 is 0. The van der Waals surface area contributed by atoms with E-state index in [9.17, 15) is 9.59 Å². The predicted octanol–water partition coefficient (Wildman–Crippen LogP) is 2.38. The fourth-order valence-corrected chi connectivity index (χ4v) is 3.48. The number of para-hydroxylation sites is 2. The molecule has 0 radical (unpaired) electrons. The molecule has 1 atom stereocenters. The van der Waals surface area contributed by atoms with Gasteiger partial charge in [0.15, 0.2) is 11.5 Å². The molecule has 1 aromatic heterocycles. The average Bonchev–Trinajstić information content (AvgIpc) is 2.86. The summed E-state index contributed by atoms with van der Waals surface area (Å²) in [6.45, 7) is 3.12. The molecule has 7 heteroatoms. The maximum absolute atomic E-state index is 12.6. The van der Waals surface area contributed by atoms with Gasteiger partial charge in [0.05, 0.1) is 30.3 Å². The van der Waals surface area contributed by atoms with Crippen LogP contribution in [0.15, 0.2) is 47.3 Å². The zero-order valence-electron chi connectivity index (χ0n) is 16.0. The van der Waals surface area contributed by atoms with Crippen molar-refractivity contribution in [1.29, 1.82) is 0 Å². The summed E-state index contributed by atoms with van der Waals surface area (Å²) in [4.78, 5) is 25.1. The van der Waals surface area contributed by atoms with Gasteiger partial charge in [0.2, 0.25) is 5.91 Å². The standard InChI is InChI=1S/C21H23N3O4/c1-14(15-8-9-18-19(12-15)28-11-5-10-27-18)22-20(25)13-24-17-7-4-3-6-16(17)23(2)21(24)26/h3-4,6-9,12,14H,5,10-11,13H2,1-2H3,(H,22,25). The molecule has 1 unspecified atom stereocenters. The number of fused-ring (bicyclic) bond motifs is 2. The molecule has 28 heavy (non-hydrogen) atoms. The molecule has 2 aromatic carbocycles. The first-order chi connectivity index (χ1) is 13.5. The maximum Gasteiger partial charge on any atom is 0.329 e. The summed E-state index contributed by atoms with van der Waals surface area (Å²) < 4.78 is 14.4. The summed E-state index contributed by atoms with van der Waals surface area (Å²) in [5.41, 5.74) is 2.26. The van der Waals surface area contributed by atoms with Crippen molar-refractivity contribution in [1.82, 2.24) is 14.5 Å². The van der Waals surface area contributed by atoms with Gasteiger partial charge < -0.3 is 14.8 Å². The Morgan fingerprint density at radius 1 is 1.11 bits per heavy atom. The first-order valence-corrected chi connectivity index (χ1v) is 9.38. The zero-order chi connectivity index (χ0) is 19.7. The van der Waals surface area contributed by atoms with E-state index in [0.29, 0.717) is 19.0 Å². The van der Waals surface area contributed by atoms with Gasteiger partial charge in [0, 0.05) is 13.5 Å². The van der Waals surface area contributed by atoms with Gasteiger partial charge in [-0.15, -0.1) is 0 Å². The highest BCUT2D eigenvalue weighted by Gasteiger charge is 2.17. The molecular weight excluding hydrogens is 358 g/mol. The maximum atomic E-state index is 12.6. The van der Waals surface area contributed by atoms with Crippen molar-refractivity contribution in [2.75, 3.05) is 13.2 Å². The fraction of sp³-hybridized carbons (Fsp3) is 0.333. The molecule has 1 amide bonds. The van der Waals surface area contributed by atoms with Gasteiger partial charge in [0.1, 0.15) is 6.54 Å². The molecule has 1 N–H and O–H groups in total. The average molecular weight is 381 g/mol. The Morgan fingerprint density at radius 2 is 1.82 bits per heavy atom. The molecule has 0 fully saturated rings. The van der Waals surface area contributed by atoms with Crippen molar-refractivity contribution in [3.63, 3.8) is 0 Å². The van der Waals surface area contributed by atoms with Crippen LogP contribution in [0, 0.1) is 0 Å². The number of aromatic nitrogens is 2. The second-order valence-electron chi connectivity index (χ2n) is 6.96. The number of amides is 1. The minimum absolute atomic E-state index is 0.0327. The van der Waals surface area contributed by atoms with E-state index in [4.69, 9.17) is 9.47 Å². The number of carbonyl (C=O) groups excluding carboxylic acids is 1. The van der Waals surface area contributed by atoms with Crippen molar-refractivity contribution in [2.45, 2.75) is 25.9 Å². The number of nitrogens with one attached hydrogen (secondary N) is 1. The van der Waals surface area contributed by atoms with Gasteiger partial charge in [-0.2, -0.15) is 0 Å². The highest BCUT2D eigenvalue weighted by Crippen LogP contribution is 2.32. The van der Waals surface area contributed by atoms with Crippen LogP contribution >= 0.6 is 0 Å². The lowest BCUT2D eigenvalue weighted by Gasteiger charge is -2.16. The molecule has 1 aliphatic heterocycles. The van der Waals surface area contributed by atoms with E-state index in [2.05, 4.69) is 5.32 Å². The van der Waals surface area contributed by atoms with Crippen molar-refractivity contribution >= 4 is 16.9 Å². The Morgan fingerprint density at radius 3 is 2.61 bits per heavy atom. The molecular formula is C21H23N3O4. The monoisotopic (exact) mass is 381 g/mol. The summed E-state index contributed by atoms with van der Waals surface area (Å²) in [5.74, 6) is 1.20. The normalized spacial score (nSPS) is 14.5. The van der Waals surface area contributed by atoms with Gasteiger partial charge in [-0.3, -0.25) is 13.9 Å². The van der Waals surface area contributed by atoms with E-state index in [1.165, 1.54) is 4.57 Å². The molecule has 4 rings (SSSR count). The van der Waals surface area contributed by atoms with Gasteiger partial charge in [-0.1, -0.05) is 18.2 Å². The van der Waals surface area contributed by atoms with Crippen LogP contribution in [0.1, 0.15) is 24.9 Å². The Bertz CT molecular complexity index is 1080. The second-order valence-corrected chi connectivity index (χ2v) is 6.96. The number of hydrogen-bond donors (Lipinski definition) is 1. The summed E-state index contributed by atoms with van der Waals surface area (Å²) in [6, 6.07) is 12.9. The van der Waals surface area contributed by atoms with Crippen LogP contribution in [0.3, 0.4) is 0 Å². The van der Waals surface area contributed by atoms with Gasteiger partial charge in [0.25, 0.3) is 0 Å². The van der Waals surface area contributed by atoms with Crippen LogP contribution in [-0.2, 0) is 18.4 Å². The molecule has 0 bridgehead atoms. The van der Waals surface area contributed by atoms with Crippen LogP contribution in [0.5, 0.6) is 11.5 Å². The molecule has 0 aliphatic carbocycles. The molecule has 1 aliphatic rings. The SMILES string of the molecule is CC(NC(=O)Cn1c(=O)n(C)c2ccccc21)c1ccc2c(c1)OCCCO2. The molecule has 0 saturated carbocycles. The molecule has 7 nitrogen and oxygen atoms in total. The summed E-state index contributed by atoms with van der Waals surface area (Å²) in [7, 11) is 1.71. The van der Waals surface area contributed by atoms with Crippen LogP contribution in [0.25, 0.3) is 11.0 Å². The number of imidazole rings is 1. The van der Waals surface area contributed by atoms with E-state index in [-0.39, 0.29) is 24.2 Å². The van der Waals surface area contributed by atoms with E-state index >= 15 is 0 Å². The lowest BCUT2D eigenvalue weighted by molar-refractivity contribution is -0.122. The number of benzene rings is 2. The summed E-state index contributed by atoms with van der Waals surface area (Å²) in [5, 5.41) is 2.96. The topological polar surface area (TPSA) is 74.5 Å². The number of rotatable bonds is 4. The minimum atomic E-state index is -0.227. The van der Waals surface area contributed by atoms with Crippen LogP contribution in [0.4, 0.5) is 0 Å². The van der Waals surface area contributed by atoms with E-state index in [1.54, 1.807) is 11.6 Å². The number of carbonyl (C=O) groups is 1. The quantitative estimate of drug-likeness (QED) is 0.753. The van der Waals surface area contributed by atoms with E-state index < -0.39 is 0 Å². The first-order valence-electron chi connectivity index (χ1n) is 9.38. The number of aryl methyl sites for hydroxylation is 1. The smallest absolute Gasteiger partial charge is 0.329 e. The van der Waals surface area contributed by atoms with Gasteiger partial charge in [-0.25, -0.2) is 4.79 Å². The second kappa shape index (κ2) is 7.42. The van der Waals surface area contributed by atoms with Crippen LogP contribution < -0.4 is 20.5 Å². The number of hydrogen-bond acceptors (Lipinski definition) is 4. The third-order valence-corrected chi connectivity index (χ3v) is 5.00. The van der Waals surface area contributed by atoms with E-state index in [0.717, 1.165) is 28.8 Å². The molecule has 0 saturated heterocycles. The highest BCUT2D eigenvalue weighted by atomic mass is 16.5. The first kappa shape index (κ1) is 18.2. The van der Waals surface area contributed by atoms with Crippen molar-refractivity contribution in [2.24, 2.45) is 7.05 Å². The number of ether oxygens (including phenoxy) is 2. The van der Waals surface area contributed by atoms with Crippen LogP contribution in [-0.4, -0.2) is 28.3 Å². The lowest BCUT2D eigenvalue weighted by Crippen LogP contribution is -2.34. The van der Waals surface area contributed by atoms with Crippen molar-refractivity contribution in [3.05, 3.63) is 58.5 Å². The molecule has 2 heterocycles. The van der Waals surface area contributed by atoms with Crippen LogP contribution in [0.2, 0.25) is 0 Å². The Hall–Kier alpha value is -3.22. The van der Waals surface area contributed by atoms with Crippen molar-refractivity contribution in [3.8, 4) is 11.5 Å². The number of nitrogens with zero attached hydrogens (tertiary/aromatic N) is 2. The van der Waals surface area contributed by atoms with Gasteiger partial charge in [-0.05, 0) is 36.8 Å². The zero-order valence-corrected chi connectivity index (χ0v) is 16.0. The highest BCUT2D eigenvalue weighted by molar-refractivity contribution is 5.81. The molecule has 3 aromatic rings. The summed E-state index contributed by atoms with van der Waals surface area (Å²) in [6.07, 6.45) is 0.843. The Kier molecular flexibility index (Phi) is 4.81. The third-order valence-electron chi connectivity index (χ3n) is 5.00. The largest absolute Gasteiger partial charge is 0.490 e. The third kappa shape index (κ3) is 3.35. The lowest BCUT2D eigenvalue weighted by atomic mass is 10.1. The molecule has 0 spiro atoms. The van der Waals surface area contributed by atoms with Crippen molar-refractivity contribution < 1.29 is 14.3 Å². The fourth-order valence-electron chi connectivity index (χ4n) is 3.48.